The first-order chi connectivity index (χ1) is 9.13. The molecule has 0 aliphatic rings. The summed E-state index contributed by atoms with van der Waals surface area (Å²) in [5.74, 6) is -0.188. The molecule has 5 heteroatoms. The predicted octanol–water partition coefficient (Wildman–Crippen LogP) is 3.77. The van der Waals surface area contributed by atoms with Crippen LogP contribution in [0.3, 0.4) is 0 Å². The first-order valence-corrected chi connectivity index (χ1v) is 7.49. The molecular weight excluding hydrogens is 326 g/mol. The van der Waals surface area contributed by atoms with Gasteiger partial charge in [0.2, 0.25) is 0 Å². The van der Waals surface area contributed by atoms with Gasteiger partial charge >= 0.3 is 5.97 Å². The fraction of sp³-hybridized carbons (Fsp3) is 0.214. The van der Waals surface area contributed by atoms with Crippen molar-refractivity contribution in [2.45, 2.75) is 19.4 Å². The minimum atomic E-state index is -0.188. The Balaban J connectivity index is 1.75. The zero-order chi connectivity index (χ0) is 13.7. The topological polar surface area (TPSA) is 52.3 Å². The van der Waals surface area contributed by atoms with Gasteiger partial charge in [0.25, 0.3) is 0 Å². The van der Waals surface area contributed by atoms with E-state index in [0.717, 1.165) is 14.2 Å². The third-order valence-electron chi connectivity index (χ3n) is 2.57. The number of esters is 1. The number of hydrogen-bond acceptors (Lipinski definition) is 4. The van der Waals surface area contributed by atoms with Crippen LogP contribution in [0.2, 0.25) is 0 Å². The van der Waals surface area contributed by atoms with Gasteiger partial charge in [-0.05, 0) is 52.2 Å². The van der Waals surface area contributed by atoms with Crippen LogP contribution in [0, 0.1) is 0 Å². The van der Waals surface area contributed by atoms with Crippen molar-refractivity contribution in [1.29, 1.82) is 0 Å². The Morgan fingerprint density at radius 3 is 2.84 bits per heavy atom. The Hall–Kier alpha value is -1.33. The molecule has 0 saturated carbocycles. The van der Waals surface area contributed by atoms with Gasteiger partial charge in [0.1, 0.15) is 6.61 Å². The van der Waals surface area contributed by atoms with Crippen LogP contribution in [-0.4, -0.2) is 5.97 Å². The lowest BCUT2D eigenvalue weighted by Crippen LogP contribution is -2.05. The first-order valence-electron chi connectivity index (χ1n) is 5.88. The molecule has 0 bridgehead atoms. The van der Waals surface area contributed by atoms with Crippen molar-refractivity contribution in [2.24, 2.45) is 0 Å². The van der Waals surface area contributed by atoms with Crippen molar-refractivity contribution in [3.63, 3.8) is 0 Å². The van der Waals surface area contributed by atoms with Gasteiger partial charge in [0.15, 0.2) is 0 Å². The Morgan fingerprint density at radius 1 is 1.32 bits per heavy atom. The van der Waals surface area contributed by atoms with Crippen LogP contribution in [0.25, 0.3) is 0 Å². The second-order valence-electron chi connectivity index (χ2n) is 4.11. The number of carbonyl (C=O) groups is 1. The Morgan fingerprint density at radius 2 is 2.16 bits per heavy atom. The SMILES string of the molecule is Nc1cccc(CCC(=O)OCc2ccc(Br)s2)c1. The third kappa shape index (κ3) is 4.69. The number of anilines is 1. The smallest absolute Gasteiger partial charge is 0.306 e. The van der Waals surface area contributed by atoms with E-state index < -0.39 is 0 Å². The largest absolute Gasteiger partial charge is 0.460 e. The lowest BCUT2D eigenvalue weighted by Gasteiger charge is -2.04. The molecule has 0 fully saturated rings. The summed E-state index contributed by atoms with van der Waals surface area (Å²) in [5.41, 5.74) is 7.45. The van der Waals surface area contributed by atoms with Crippen molar-refractivity contribution >= 4 is 38.9 Å². The molecule has 2 rings (SSSR count). The summed E-state index contributed by atoms with van der Waals surface area (Å²) >= 11 is 4.94. The molecule has 1 aromatic heterocycles. The highest BCUT2D eigenvalue weighted by Gasteiger charge is 2.06. The summed E-state index contributed by atoms with van der Waals surface area (Å²) in [4.78, 5) is 12.7. The molecule has 0 radical (unpaired) electrons. The normalized spacial score (nSPS) is 10.4. The van der Waals surface area contributed by atoms with Crippen LogP contribution >= 0.6 is 27.3 Å². The molecule has 0 saturated heterocycles. The van der Waals surface area contributed by atoms with E-state index >= 15 is 0 Å². The fourth-order valence-electron chi connectivity index (χ4n) is 1.65. The van der Waals surface area contributed by atoms with Crippen molar-refractivity contribution in [1.82, 2.24) is 0 Å². The maximum absolute atomic E-state index is 11.6. The molecule has 1 aromatic carbocycles. The number of hydrogen-bond donors (Lipinski definition) is 1. The Bertz CT molecular complexity index is 568. The number of halogens is 1. The van der Waals surface area contributed by atoms with Crippen LogP contribution in [0.4, 0.5) is 5.69 Å². The van der Waals surface area contributed by atoms with Crippen LogP contribution in [0.15, 0.2) is 40.2 Å². The number of rotatable bonds is 5. The number of carbonyl (C=O) groups excluding carboxylic acids is 1. The van der Waals surface area contributed by atoms with Gasteiger partial charge in [-0.3, -0.25) is 4.79 Å². The van der Waals surface area contributed by atoms with E-state index in [1.807, 2.05) is 36.4 Å². The van der Waals surface area contributed by atoms with Gasteiger partial charge in [-0.15, -0.1) is 11.3 Å². The van der Waals surface area contributed by atoms with E-state index in [-0.39, 0.29) is 5.97 Å². The molecule has 0 aliphatic heterocycles. The zero-order valence-corrected chi connectivity index (χ0v) is 12.7. The van der Waals surface area contributed by atoms with Crippen LogP contribution in [0.1, 0.15) is 16.9 Å². The summed E-state index contributed by atoms with van der Waals surface area (Å²) in [6.07, 6.45) is 1.02. The van der Waals surface area contributed by atoms with Gasteiger partial charge in [-0.1, -0.05) is 12.1 Å². The molecule has 0 spiro atoms. The van der Waals surface area contributed by atoms with Gasteiger partial charge in [-0.25, -0.2) is 0 Å². The molecule has 2 aromatic rings. The number of thiophene rings is 1. The summed E-state index contributed by atoms with van der Waals surface area (Å²) in [6, 6.07) is 11.4. The van der Waals surface area contributed by atoms with Crippen molar-refractivity contribution < 1.29 is 9.53 Å². The minimum Gasteiger partial charge on any atom is -0.460 e. The standard InChI is InChI=1S/C14H14BrNO2S/c15-13-6-5-12(19-13)9-18-14(17)7-4-10-2-1-3-11(16)8-10/h1-3,5-6,8H,4,7,9,16H2. The van der Waals surface area contributed by atoms with E-state index in [9.17, 15) is 4.79 Å². The number of benzene rings is 1. The molecule has 3 nitrogen and oxygen atoms in total. The predicted molar refractivity (Wildman–Crippen MR) is 81.0 cm³/mol. The van der Waals surface area contributed by atoms with Crippen molar-refractivity contribution in [3.8, 4) is 0 Å². The number of nitrogens with two attached hydrogens (primary N) is 1. The summed E-state index contributed by atoms with van der Waals surface area (Å²) in [6.45, 7) is 0.339. The number of nitrogen functional groups attached to an aromatic ring is 1. The molecule has 2 N–H and O–H groups in total. The first kappa shape index (κ1) is 14.1. The maximum Gasteiger partial charge on any atom is 0.306 e. The number of ether oxygens (including phenoxy) is 1. The van der Waals surface area contributed by atoms with E-state index in [1.54, 1.807) is 11.3 Å². The summed E-state index contributed by atoms with van der Waals surface area (Å²) < 4.78 is 6.25. The quantitative estimate of drug-likeness (QED) is 0.666. The summed E-state index contributed by atoms with van der Waals surface area (Å²) in [5, 5.41) is 0. The van der Waals surface area contributed by atoms with E-state index in [0.29, 0.717) is 25.1 Å². The zero-order valence-electron chi connectivity index (χ0n) is 10.3. The van der Waals surface area contributed by atoms with Gasteiger partial charge in [0.05, 0.1) is 3.79 Å². The molecular formula is C14H14BrNO2S. The average Bonchev–Trinajstić information content (AvgIpc) is 2.80. The molecule has 1 heterocycles. The molecule has 0 atom stereocenters. The maximum atomic E-state index is 11.6. The monoisotopic (exact) mass is 339 g/mol. The summed E-state index contributed by atoms with van der Waals surface area (Å²) in [7, 11) is 0. The fourth-order valence-corrected chi connectivity index (χ4v) is 3.04. The average molecular weight is 340 g/mol. The van der Waals surface area contributed by atoms with Gasteiger partial charge in [0, 0.05) is 17.0 Å². The van der Waals surface area contributed by atoms with Crippen LogP contribution in [-0.2, 0) is 22.6 Å². The van der Waals surface area contributed by atoms with E-state index in [4.69, 9.17) is 10.5 Å². The van der Waals surface area contributed by atoms with Gasteiger partial charge < -0.3 is 10.5 Å². The van der Waals surface area contributed by atoms with Gasteiger partial charge in [-0.2, -0.15) is 0 Å². The highest BCUT2D eigenvalue weighted by molar-refractivity contribution is 9.11. The third-order valence-corrected chi connectivity index (χ3v) is 4.17. The second kappa shape index (κ2) is 6.73. The lowest BCUT2D eigenvalue weighted by molar-refractivity contribution is -0.144. The molecule has 0 aliphatic carbocycles. The van der Waals surface area contributed by atoms with E-state index in [2.05, 4.69) is 15.9 Å². The van der Waals surface area contributed by atoms with Crippen LogP contribution in [0.5, 0.6) is 0 Å². The highest BCUT2D eigenvalue weighted by Crippen LogP contribution is 2.22. The Kier molecular flexibility index (Phi) is 4.99. The molecule has 0 unspecified atom stereocenters. The second-order valence-corrected chi connectivity index (χ2v) is 6.66. The molecule has 100 valence electrons. The lowest BCUT2D eigenvalue weighted by atomic mass is 10.1. The van der Waals surface area contributed by atoms with E-state index in [1.165, 1.54) is 0 Å². The molecule has 0 amide bonds. The van der Waals surface area contributed by atoms with Crippen molar-refractivity contribution in [2.75, 3.05) is 5.73 Å². The highest BCUT2D eigenvalue weighted by atomic mass is 79.9. The Labute approximate surface area is 124 Å². The molecule has 19 heavy (non-hydrogen) atoms. The number of aryl methyl sites for hydroxylation is 1. The van der Waals surface area contributed by atoms with Crippen LogP contribution < -0.4 is 5.73 Å². The van der Waals surface area contributed by atoms with Crippen molar-refractivity contribution in [3.05, 3.63) is 50.6 Å². The minimum absolute atomic E-state index is 0.188.